The van der Waals surface area contributed by atoms with Crippen molar-refractivity contribution < 1.29 is 38.1 Å². The van der Waals surface area contributed by atoms with Crippen molar-refractivity contribution in [2.45, 2.75) is 183 Å². The maximum absolute atomic E-state index is 12.8. The molecule has 0 radical (unpaired) electrons. The molecule has 0 fully saturated rings. The minimum Gasteiger partial charge on any atom is -0.465 e. The van der Waals surface area contributed by atoms with E-state index in [2.05, 4.69) is 41.5 Å². The molecule has 0 aromatic heterocycles. The number of carbonyl (C=O) groups excluding carboxylic acids is 4. The van der Waals surface area contributed by atoms with Crippen LogP contribution in [0.1, 0.15) is 183 Å². The van der Waals surface area contributed by atoms with E-state index in [1.165, 1.54) is 25.7 Å². The maximum atomic E-state index is 12.8. The quantitative estimate of drug-likeness (QED) is 0.0396. The molecule has 0 saturated heterocycles. The molecule has 8 nitrogen and oxygen atoms in total. The minimum atomic E-state index is -1.19. The van der Waals surface area contributed by atoms with Gasteiger partial charge in [0.2, 0.25) is 0 Å². The Morgan fingerprint density at radius 2 is 0.660 bits per heavy atom. The summed E-state index contributed by atoms with van der Waals surface area (Å²) in [5.41, 5.74) is -1.19. The van der Waals surface area contributed by atoms with Crippen LogP contribution in [0.5, 0.6) is 0 Å². The summed E-state index contributed by atoms with van der Waals surface area (Å²) in [5.74, 6) is -0.317. The van der Waals surface area contributed by atoms with Gasteiger partial charge in [0, 0.05) is 25.7 Å². The summed E-state index contributed by atoms with van der Waals surface area (Å²) in [6.07, 6.45) is 19.1. The summed E-state index contributed by atoms with van der Waals surface area (Å²) >= 11 is 0. The van der Waals surface area contributed by atoms with Gasteiger partial charge in [-0.05, 0) is 37.5 Å². The van der Waals surface area contributed by atoms with Gasteiger partial charge in [-0.15, -0.1) is 0 Å². The first kappa shape index (κ1) is 44.9. The molecular formula is C39H72O8. The SMILES string of the molecule is CCCCCCCCC(=O)OCC(COC(=O)CCCCCCCC)(COC(=O)CCCCC(C)C)COC(=O)CCCCC(C)C. The highest BCUT2D eigenvalue weighted by molar-refractivity contribution is 5.71. The predicted molar refractivity (Wildman–Crippen MR) is 189 cm³/mol. The van der Waals surface area contributed by atoms with Gasteiger partial charge in [-0.2, -0.15) is 0 Å². The lowest BCUT2D eigenvalue weighted by Crippen LogP contribution is -2.44. The van der Waals surface area contributed by atoms with E-state index in [9.17, 15) is 19.2 Å². The number of rotatable bonds is 32. The fraction of sp³-hybridized carbons (Fsp3) is 0.897. The average molecular weight is 669 g/mol. The number of unbranched alkanes of at least 4 members (excludes halogenated alkanes) is 12. The van der Waals surface area contributed by atoms with Crippen LogP contribution in [0.15, 0.2) is 0 Å². The van der Waals surface area contributed by atoms with Gasteiger partial charge in [0.15, 0.2) is 0 Å². The highest BCUT2D eigenvalue weighted by atomic mass is 16.6. The van der Waals surface area contributed by atoms with Crippen molar-refractivity contribution in [3.05, 3.63) is 0 Å². The molecule has 0 rings (SSSR count). The van der Waals surface area contributed by atoms with Gasteiger partial charge in [-0.25, -0.2) is 0 Å². The molecule has 0 bridgehead atoms. The Labute approximate surface area is 288 Å². The molecule has 0 aromatic rings. The zero-order chi connectivity index (χ0) is 35.2. The Kier molecular flexibility index (Phi) is 28.6. The van der Waals surface area contributed by atoms with Crippen molar-refractivity contribution >= 4 is 23.9 Å². The zero-order valence-electron chi connectivity index (χ0n) is 31.3. The smallest absolute Gasteiger partial charge is 0.305 e. The van der Waals surface area contributed by atoms with Gasteiger partial charge < -0.3 is 18.9 Å². The molecule has 0 spiro atoms. The number of hydrogen-bond donors (Lipinski definition) is 0. The normalized spacial score (nSPS) is 11.6. The van der Waals surface area contributed by atoms with E-state index in [4.69, 9.17) is 18.9 Å². The molecule has 0 saturated carbocycles. The van der Waals surface area contributed by atoms with Crippen molar-refractivity contribution in [3.8, 4) is 0 Å². The van der Waals surface area contributed by atoms with Crippen LogP contribution in [0.2, 0.25) is 0 Å². The fourth-order valence-corrected chi connectivity index (χ4v) is 5.22. The lowest BCUT2D eigenvalue weighted by Gasteiger charge is -2.31. The molecular weight excluding hydrogens is 596 g/mol. The highest BCUT2D eigenvalue weighted by Crippen LogP contribution is 2.24. The first-order valence-corrected chi connectivity index (χ1v) is 19.2. The summed E-state index contributed by atoms with van der Waals surface area (Å²) in [5, 5.41) is 0. The number of ether oxygens (including phenoxy) is 4. The summed E-state index contributed by atoms with van der Waals surface area (Å²) in [6, 6.07) is 0. The lowest BCUT2D eigenvalue weighted by molar-refractivity contribution is -0.170. The second kappa shape index (κ2) is 30.0. The van der Waals surface area contributed by atoms with Gasteiger partial charge >= 0.3 is 23.9 Å². The van der Waals surface area contributed by atoms with Crippen molar-refractivity contribution in [1.29, 1.82) is 0 Å². The first-order chi connectivity index (χ1) is 22.5. The molecule has 47 heavy (non-hydrogen) atoms. The second-order valence-electron chi connectivity index (χ2n) is 14.5. The van der Waals surface area contributed by atoms with Crippen molar-refractivity contribution in [3.63, 3.8) is 0 Å². The lowest BCUT2D eigenvalue weighted by atomic mass is 9.92. The molecule has 8 heteroatoms. The number of carbonyl (C=O) groups is 4. The molecule has 276 valence electrons. The van der Waals surface area contributed by atoms with E-state index >= 15 is 0 Å². The van der Waals surface area contributed by atoms with E-state index in [-0.39, 0.29) is 76.0 Å². The Hall–Kier alpha value is -2.12. The van der Waals surface area contributed by atoms with E-state index in [0.29, 0.717) is 11.8 Å². The molecule has 0 aliphatic carbocycles. The van der Waals surface area contributed by atoms with Crippen LogP contribution in [-0.2, 0) is 38.1 Å². The van der Waals surface area contributed by atoms with E-state index in [1.807, 2.05) is 0 Å². The molecule has 0 aromatic carbocycles. The largest absolute Gasteiger partial charge is 0.465 e. The van der Waals surface area contributed by atoms with Crippen LogP contribution in [0.4, 0.5) is 0 Å². The van der Waals surface area contributed by atoms with E-state index in [0.717, 1.165) is 89.9 Å². The van der Waals surface area contributed by atoms with Crippen LogP contribution >= 0.6 is 0 Å². The maximum Gasteiger partial charge on any atom is 0.305 e. The van der Waals surface area contributed by atoms with Crippen molar-refractivity contribution in [2.75, 3.05) is 26.4 Å². The number of hydrogen-bond acceptors (Lipinski definition) is 8. The standard InChI is InChI=1S/C39H72O8/c1-7-9-11-13-15-17-25-35(40)44-29-39(31-46-37(42)27-21-19-23-33(3)4,32-47-38(43)28-22-20-24-34(5)6)30-45-36(41)26-18-16-14-12-10-8-2/h33-34H,7-32H2,1-6H3. The first-order valence-electron chi connectivity index (χ1n) is 19.2. The highest BCUT2D eigenvalue weighted by Gasteiger charge is 2.38. The van der Waals surface area contributed by atoms with Crippen molar-refractivity contribution in [1.82, 2.24) is 0 Å². The molecule has 0 aliphatic rings. The predicted octanol–water partition coefficient (Wildman–Crippen LogP) is 10.1. The molecule has 0 atom stereocenters. The Balaban J connectivity index is 5.51. The van der Waals surface area contributed by atoms with Gasteiger partial charge in [-0.1, -0.05) is 131 Å². The molecule has 0 heterocycles. The van der Waals surface area contributed by atoms with E-state index < -0.39 is 5.41 Å². The summed E-state index contributed by atoms with van der Waals surface area (Å²) < 4.78 is 22.8. The van der Waals surface area contributed by atoms with Crippen LogP contribution in [-0.4, -0.2) is 50.3 Å². The van der Waals surface area contributed by atoms with E-state index in [1.54, 1.807) is 0 Å². The third-order valence-electron chi connectivity index (χ3n) is 8.45. The third kappa shape index (κ3) is 28.6. The third-order valence-corrected chi connectivity index (χ3v) is 8.45. The molecule has 0 N–H and O–H groups in total. The fourth-order valence-electron chi connectivity index (χ4n) is 5.22. The molecule has 0 aliphatic heterocycles. The van der Waals surface area contributed by atoms with Crippen LogP contribution in [0.25, 0.3) is 0 Å². The van der Waals surface area contributed by atoms with Gasteiger partial charge in [-0.3, -0.25) is 19.2 Å². The number of esters is 4. The average Bonchev–Trinajstić information content (AvgIpc) is 3.03. The minimum absolute atomic E-state index is 0.173. The van der Waals surface area contributed by atoms with Crippen LogP contribution < -0.4 is 0 Å². The summed E-state index contributed by atoms with van der Waals surface area (Å²) in [4.78, 5) is 51.0. The Bertz CT molecular complexity index is 741. The Morgan fingerprint density at radius 3 is 0.936 bits per heavy atom. The summed E-state index contributed by atoms with van der Waals surface area (Å²) in [6.45, 7) is 12.3. The van der Waals surface area contributed by atoms with Gasteiger partial charge in [0.05, 0.1) is 0 Å². The Morgan fingerprint density at radius 1 is 0.404 bits per heavy atom. The van der Waals surface area contributed by atoms with Crippen LogP contribution in [0.3, 0.4) is 0 Å². The zero-order valence-corrected chi connectivity index (χ0v) is 31.3. The monoisotopic (exact) mass is 669 g/mol. The van der Waals surface area contributed by atoms with Crippen molar-refractivity contribution in [2.24, 2.45) is 17.3 Å². The topological polar surface area (TPSA) is 105 Å². The second-order valence-corrected chi connectivity index (χ2v) is 14.5. The summed E-state index contributed by atoms with van der Waals surface area (Å²) in [7, 11) is 0. The molecule has 0 amide bonds. The van der Waals surface area contributed by atoms with Crippen LogP contribution in [0, 0.1) is 17.3 Å². The van der Waals surface area contributed by atoms with Gasteiger partial charge in [0.1, 0.15) is 31.8 Å². The van der Waals surface area contributed by atoms with Gasteiger partial charge in [0.25, 0.3) is 0 Å². The molecule has 0 unspecified atom stereocenters.